The van der Waals surface area contributed by atoms with Gasteiger partial charge in [-0.25, -0.2) is 4.39 Å². The van der Waals surface area contributed by atoms with Gasteiger partial charge in [-0.3, -0.25) is 4.79 Å². The highest BCUT2D eigenvalue weighted by Crippen LogP contribution is 2.27. The van der Waals surface area contributed by atoms with Crippen molar-refractivity contribution in [3.05, 3.63) is 30.1 Å². The van der Waals surface area contributed by atoms with Crippen LogP contribution in [-0.4, -0.2) is 35.7 Å². The predicted molar refractivity (Wildman–Crippen MR) is 71.9 cm³/mol. The molecule has 1 aromatic carbocycles. The van der Waals surface area contributed by atoms with Crippen LogP contribution in [-0.2, 0) is 4.79 Å². The van der Waals surface area contributed by atoms with Crippen molar-refractivity contribution in [3.8, 4) is 0 Å². The van der Waals surface area contributed by atoms with E-state index >= 15 is 0 Å². The molecule has 4 nitrogen and oxygen atoms in total. The summed E-state index contributed by atoms with van der Waals surface area (Å²) in [5.74, 6) is -1.18. The lowest BCUT2D eigenvalue weighted by Gasteiger charge is -2.45. The number of nitrogens with one attached hydrogen (secondary N) is 1. The number of para-hydroxylation sites is 1. The van der Waals surface area contributed by atoms with E-state index in [0.29, 0.717) is 18.8 Å². The Labute approximate surface area is 112 Å². The molecule has 5 heteroatoms. The monoisotopic (exact) mass is 266 g/mol. The first-order chi connectivity index (χ1) is 8.89. The summed E-state index contributed by atoms with van der Waals surface area (Å²) in [6.07, 6.45) is -0.00257. The van der Waals surface area contributed by atoms with Gasteiger partial charge in [0.1, 0.15) is 5.82 Å². The molecule has 1 fully saturated rings. The van der Waals surface area contributed by atoms with Crippen molar-refractivity contribution in [2.24, 2.45) is 0 Å². The summed E-state index contributed by atoms with van der Waals surface area (Å²) in [7, 11) is 0. The number of carboxylic acids is 1. The summed E-state index contributed by atoms with van der Waals surface area (Å²) in [5, 5.41) is 12.3. The maximum atomic E-state index is 13.9. The van der Waals surface area contributed by atoms with E-state index in [9.17, 15) is 9.18 Å². The molecule has 1 aromatic rings. The van der Waals surface area contributed by atoms with Crippen molar-refractivity contribution in [1.29, 1.82) is 0 Å². The number of piperazine rings is 1. The maximum Gasteiger partial charge on any atom is 0.305 e. The molecule has 1 aliphatic heterocycles. The number of hydrogen-bond acceptors (Lipinski definition) is 3. The number of hydrogen-bond donors (Lipinski definition) is 2. The van der Waals surface area contributed by atoms with Gasteiger partial charge in [0.15, 0.2) is 0 Å². The average Bonchev–Trinajstić information content (AvgIpc) is 2.31. The van der Waals surface area contributed by atoms with Gasteiger partial charge >= 0.3 is 5.97 Å². The van der Waals surface area contributed by atoms with E-state index in [2.05, 4.69) is 5.32 Å². The molecular formula is C14H19FN2O2. The molecule has 1 unspecified atom stereocenters. The van der Waals surface area contributed by atoms with Crippen LogP contribution in [0.4, 0.5) is 10.1 Å². The van der Waals surface area contributed by atoms with Gasteiger partial charge in [0.2, 0.25) is 0 Å². The highest BCUT2D eigenvalue weighted by molar-refractivity contribution is 5.69. The van der Waals surface area contributed by atoms with E-state index in [1.807, 2.05) is 18.7 Å². The van der Waals surface area contributed by atoms with Gasteiger partial charge in [-0.1, -0.05) is 12.1 Å². The summed E-state index contributed by atoms with van der Waals surface area (Å²) >= 11 is 0. The number of carboxylic acid groups (broad SMARTS) is 1. The standard InChI is InChI=1S/C14H19FN2O2/c1-14(2)9-17(10(8-16-14)7-13(18)19)12-6-4-3-5-11(12)15/h3-6,10,16H,7-9H2,1-2H3,(H,18,19). The number of carbonyl (C=O) groups is 1. The number of halogens is 1. The van der Waals surface area contributed by atoms with Crippen LogP contribution in [0.5, 0.6) is 0 Å². The maximum absolute atomic E-state index is 13.9. The Morgan fingerprint density at radius 2 is 2.21 bits per heavy atom. The summed E-state index contributed by atoms with van der Waals surface area (Å²) in [6, 6.07) is 6.28. The van der Waals surface area contributed by atoms with Crippen LogP contribution in [0, 0.1) is 5.82 Å². The smallest absolute Gasteiger partial charge is 0.305 e. The lowest BCUT2D eigenvalue weighted by atomic mass is 9.96. The molecule has 0 amide bonds. The van der Waals surface area contributed by atoms with Crippen LogP contribution < -0.4 is 10.2 Å². The van der Waals surface area contributed by atoms with E-state index in [-0.39, 0.29) is 23.8 Å². The molecule has 19 heavy (non-hydrogen) atoms. The highest BCUT2D eigenvalue weighted by Gasteiger charge is 2.34. The van der Waals surface area contributed by atoms with E-state index in [0.717, 1.165) is 0 Å². The summed E-state index contributed by atoms with van der Waals surface area (Å²) in [6.45, 7) is 5.16. The zero-order valence-corrected chi connectivity index (χ0v) is 11.2. The van der Waals surface area contributed by atoms with Crippen LogP contribution >= 0.6 is 0 Å². The molecular weight excluding hydrogens is 247 g/mol. The van der Waals surface area contributed by atoms with Crippen LogP contribution in [0.3, 0.4) is 0 Å². The Bertz CT molecular complexity index is 476. The molecule has 1 heterocycles. The Balaban J connectivity index is 2.30. The normalized spacial score (nSPS) is 22.3. The molecule has 104 valence electrons. The molecule has 2 rings (SSSR count). The Morgan fingerprint density at radius 1 is 1.53 bits per heavy atom. The summed E-state index contributed by atoms with van der Waals surface area (Å²) < 4.78 is 13.9. The molecule has 1 saturated heterocycles. The Morgan fingerprint density at radius 3 is 2.84 bits per heavy atom. The second-order valence-electron chi connectivity index (χ2n) is 5.60. The third-order valence-electron chi connectivity index (χ3n) is 3.39. The van der Waals surface area contributed by atoms with Crippen molar-refractivity contribution in [3.63, 3.8) is 0 Å². The van der Waals surface area contributed by atoms with Crippen LogP contribution in [0.25, 0.3) is 0 Å². The van der Waals surface area contributed by atoms with Gasteiger partial charge < -0.3 is 15.3 Å². The predicted octanol–water partition coefficient (Wildman–Crippen LogP) is 1.86. The fourth-order valence-corrected chi connectivity index (χ4v) is 2.47. The third-order valence-corrected chi connectivity index (χ3v) is 3.39. The van der Waals surface area contributed by atoms with Crippen LogP contribution in [0.2, 0.25) is 0 Å². The minimum absolute atomic E-state index is 0.00257. The van der Waals surface area contributed by atoms with E-state index in [4.69, 9.17) is 5.11 Å². The molecule has 2 N–H and O–H groups in total. The van der Waals surface area contributed by atoms with E-state index < -0.39 is 5.97 Å². The Kier molecular flexibility index (Phi) is 3.75. The fourth-order valence-electron chi connectivity index (χ4n) is 2.47. The zero-order chi connectivity index (χ0) is 14.0. The van der Waals surface area contributed by atoms with Crippen molar-refractivity contribution < 1.29 is 14.3 Å². The largest absolute Gasteiger partial charge is 0.481 e. The molecule has 0 saturated carbocycles. The molecule has 0 radical (unpaired) electrons. The van der Waals surface area contributed by atoms with Crippen molar-refractivity contribution >= 4 is 11.7 Å². The van der Waals surface area contributed by atoms with Gasteiger partial charge in [0.25, 0.3) is 0 Å². The molecule has 0 aliphatic carbocycles. The topological polar surface area (TPSA) is 52.6 Å². The van der Waals surface area contributed by atoms with Crippen molar-refractivity contribution in [2.45, 2.75) is 31.8 Å². The second kappa shape index (κ2) is 5.17. The molecule has 0 spiro atoms. The first-order valence-corrected chi connectivity index (χ1v) is 6.37. The minimum Gasteiger partial charge on any atom is -0.481 e. The van der Waals surface area contributed by atoms with E-state index in [1.165, 1.54) is 6.07 Å². The summed E-state index contributed by atoms with van der Waals surface area (Å²) in [4.78, 5) is 12.8. The number of rotatable bonds is 3. The first kappa shape index (κ1) is 13.8. The van der Waals surface area contributed by atoms with Crippen LogP contribution in [0.15, 0.2) is 24.3 Å². The molecule has 1 aliphatic rings. The lowest BCUT2D eigenvalue weighted by molar-refractivity contribution is -0.137. The van der Waals surface area contributed by atoms with Gasteiger partial charge in [0.05, 0.1) is 18.2 Å². The van der Waals surface area contributed by atoms with Gasteiger partial charge in [-0.2, -0.15) is 0 Å². The second-order valence-corrected chi connectivity index (χ2v) is 5.60. The minimum atomic E-state index is -0.868. The fraction of sp³-hybridized carbons (Fsp3) is 0.500. The van der Waals surface area contributed by atoms with Crippen molar-refractivity contribution in [1.82, 2.24) is 5.32 Å². The number of benzene rings is 1. The third kappa shape index (κ3) is 3.23. The number of nitrogens with zero attached hydrogens (tertiary/aromatic N) is 1. The number of anilines is 1. The van der Waals surface area contributed by atoms with Crippen molar-refractivity contribution in [2.75, 3.05) is 18.0 Å². The summed E-state index contributed by atoms with van der Waals surface area (Å²) in [5.41, 5.74) is 0.306. The van der Waals surface area contributed by atoms with E-state index in [1.54, 1.807) is 18.2 Å². The molecule has 0 bridgehead atoms. The first-order valence-electron chi connectivity index (χ1n) is 6.37. The SMILES string of the molecule is CC1(C)CN(c2ccccc2F)C(CC(=O)O)CN1. The number of aliphatic carboxylic acids is 1. The van der Waals surface area contributed by atoms with Crippen LogP contribution in [0.1, 0.15) is 20.3 Å². The quantitative estimate of drug-likeness (QED) is 0.876. The molecule has 1 atom stereocenters. The van der Waals surface area contributed by atoms with Gasteiger partial charge in [-0.05, 0) is 26.0 Å². The van der Waals surface area contributed by atoms with Gasteiger partial charge in [-0.15, -0.1) is 0 Å². The average molecular weight is 266 g/mol. The zero-order valence-electron chi connectivity index (χ0n) is 11.2. The Hall–Kier alpha value is -1.62. The highest BCUT2D eigenvalue weighted by atomic mass is 19.1. The van der Waals surface area contributed by atoms with Gasteiger partial charge in [0, 0.05) is 18.6 Å². The molecule has 0 aromatic heterocycles. The lowest BCUT2D eigenvalue weighted by Crippen LogP contribution is -2.62.